The first kappa shape index (κ1) is 12.2. The van der Waals surface area contributed by atoms with E-state index < -0.39 is 0 Å². The van der Waals surface area contributed by atoms with Crippen LogP contribution in [0.15, 0.2) is 47.4 Å². The van der Waals surface area contributed by atoms with Gasteiger partial charge >= 0.3 is 0 Å². The van der Waals surface area contributed by atoms with E-state index in [4.69, 9.17) is 0 Å². The van der Waals surface area contributed by atoms with Crippen LogP contribution in [0.4, 0.5) is 0 Å². The summed E-state index contributed by atoms with van der Waals surface area (Å²) in [6.07, 6.45) is 7.78. The first-order chi connectivity index (χ1) is 9.33. The van der Waals surface area contributed by atoms with Crippen molar-refractivity contribution < 1.29 is 0 Å². The molecule has 2 heteroatoms. The average molecular weight is 253 g/mol. The number of hydrogen-bond acceptors (Lipinski definition) is 1. The van der Waals surface area contributed by atoms with Crippen molar-refractivity contribution in [3.05, 3.63) is 69.6 Å². The van der Waals surface area contributed by atoms with E-state index in [1.165, 1.54) is 36.8 Å². The van der Waals surface area contributed by atoms with E-state index in [0.717, 1.165) is 11.5 Å². The summed E-state index contributed by atoms with van der Waals surface area (Å²) in [5.74, 6) is 0.758. The van der Waals surface area contributed by atoms with Crippen molar-refractivity contribution in [2.45, 2.75) is 38.0 Å². The lowest BCUT2D eigenvalue weighted by molar-refractivity contribution is 0.723. The lowest BCUT2D eigenvalue weighted by atomic mass is 9.95. The van der Waals surface area contributed by atoms with Gasteiger partial charge in [-0.05, 0) is 36.0 Å². The summed E-state index contributed by atoms with van der Waals surface area (Å²) in [6, 6.07) is 12.6. The van der Waals surface area contributed by atoms with Gasteiger partial charge in [-0.25, -0.2) is 0 Å². The highest BCUT2D eigenvalue weighted by atomic mass is 16.1. The average Bonchev–Trinajstić information content (AvgIpc) is 2.96. The molecule has 0 radical (unpaired) electrons. The van der Waals surface area contributed by atoms with Crippen LogP contribution >= 0.6 is 0 Å². The third-order valence-corrected chi connectivity index (χ3v) is 4.10. The molecule has 1 aliphatic carbocycles. The maximum atomic E-state index is 11.6. The van der Waals surface area contributed by atoms with E-state index in [1.54, 1.807) is 6.20 Å². The smallest absolute Gasteiger partial charge is 0.251 e. The van der Waals surface area contributed by atoms with E-state index in [2.05, 4.69) is 29.2 Å². The van der Waals surface area contributed by atoms with Crippen LogP contribution in [0.3, 0.4) is 0 Å². The molecule has 98 valence electrons. The van der Waals surface area contributed by atoms with E-state index in [-0.39, 0.29) is 5.56 Å². The van der Waals surface area contributed by atoms with Gasteiger partial charge in [-0.3, -0.25) is 4.79 Å². The molecule has 0 bridgehead atoms. The Morgan fingerprint density at radius 1 is 1.05 bits per heavy atom. The summed E-state index contributed by atoms with van der Waals surface area (Å²) in [6.45, 7) is 0. The Morgan fingerprint density at radius 2 is 1.79 bits per heavy atom. The summed E-state index contributed by atoms with van der Waals surface area (Å²) < 4.78 is 0. The van der Waals surface area contributed by atoms with E-state index >= 15 is 0 Å². The van der Waals surface area contributed by atoms with Gasteiger partial charge in [-0.15, -0.1) is 0 Å². The molecule has 1 aromatic heterocycles. The van der Waals surface area contributed by atoms with Gasteiger partial charge in [-0.1, -0.05) is 43.2 Å². The molecule has 1 aromatic carbocycles. The number of aromatic nitrogens is 1. The van der Waals surface area contributed by atoms with Gasteiger partial charge in [0.15, 0.2) is 0 Å². The minimum Gasteiger partial charge on any atom is -0.329 e. The zero-order chi connectivity index (χ0) is 13.1. The monoisotopic (exact) mass is 253 g/mol. The van der Waals surface area contributed by atoms with Crippen LogP contribution in [0.25, 0.3) is 0 Å². The molecule has 0 atom stereocenters. The second-order valence-corrected chi connectivity index (χ2v) is 5.42. The second-order valence-electron chi connectivity index (χ2n) is 5.42. The van der Waals surface area contributed by atoms with Crippen molar-refractivity contribution >= 4 is 0 Å². The maximum Gasteiger partial charge on any atom is 0.251 e. The van der Waals surface area contributed by atoms with Crippen LogP contribution in [0.1, 0.15) is 48.3 Å². The first-order valence-electron chi connectivity index (χ1n) is 7.08. The molecule has 1 heterocycles. The molecule has 1 aliphatic rings. The summed E-state index contributed by atoms with van der Waals surface area (Å²) in [5, 5.41) is 0. The molecule has 0 aliphatic heterocycles. The lowest BCUT2D eigenvalue weighted by Crippen LogP contribution is -2.11. The summed E-state index contributed by atoms with van der Waals surface area (Å²) in [5.41, 5.74) is 3.51. The highest BCUT2D eigenvalue weighted by Gasteiger charge is 2.16. The predicted molar refractivity (Wildman–Crippen MR) is 77.5 cm³/mol. The zero-order valence-corrected chi connectivity index (χ0v) is 11.1. The normalized spacial score (nSPS) is 15.8. The summed E-state index contributed by atoms with van der Waals surface area (Å²) in [4.78, 5) is 14.4. The molecule has 1 N–H and O–H groups in total. The number of aromatic amines is 1. The number of pyridine rings is 1. The Morgan fingerprint density at radius 3 is 2.47 bits per heavy atom. The predicted octanol–water partition coefficient (Wildman–Crippen LogP) is 3.62. The van der Waals surface area contributed by atoms with Gasteiger partial charge in [0, 0.05) is 18.2 Å². The highest BCUT2D eigenvalue weighted by Crippen LogP contribution is 2.34. The van der Waals surface area contributed by atoms with Crippen LogP contribution < -0.4 is 5.56 Å². The Bertz CT molecular complexity index is 591. The Balaban J connectivity index is 1.76. The van der Waals surface area contributed by atoms with Crippen LogP contribution in [0.5, 0.6) is 0 Å². The summed E-state index contributed by atoms with van der Waals surface area (Å²) in [7, 11) is 0. The van der Waals surface area contributed by atoms with E-state index in [0.29, 0.717) is 6.42 Å². The number of benzene rings is 1. The second kappa shape index (κ2) is 5.43. The Labute approximate surface area is 113 Å². The summed E-state index contributed by atoms with van der Waals surface area (Å²) >= 11 is 0. The number of H-pyrrole nitrogens is 1. The highest BCUT2D eigenvalue weighted by molar-refractivity contribution is 5.29. The SMILES string of the molecule is O=c1[nH]cccc1Cc1ccc(C2CCCC2)cc1. The van der Waals surface area contributed by atoms with E-state index in [1.807, 2.05) is 12.1 Å². The van der Waals surface area contributed by atoms with E-state index in [9.17, 15) is 4.79 Å². The minimum absolute atomic E-state index is 0.0161. The Kier molecular flexibility index (Phi) is 3.49. The van der Waals surface area contributed by atoms with Gasteiger partial charge in [0.25, 0.3) is 5.56 Å². The maximum absolute atomic E-state index is 11.6. The van der Waals surface area contributed by atoms with Crippen LogP contribution in [0.2, 0.25) is 0 Å². The van der Waals surface area contributed by atoms with Crippen molar-refractivity contribution in [2.24, 2.45) is 0 Å². The molecule has 1 saturated carbocycles. The molecule has 2 nitrogen and oxygen atoms in total. The van der Waals surface area contributed by atoms with Gasteiger partial charge in [-0.2, -0.15) is 0 Å². The van der Waals surface area contributed by atoms with Gasteiger partial charge < -0.3 is 4.98 Å². The molecule has 3 rings (SSSR count). The van der Waals surface area contributed by atoms with Crippen molar-refractivity contribution in [1.82, 2.24) is 4.98 Å². The largest absolute Gasteiger partial charge is 0.329 e. The van der Waals surface area contributed by atoms with Crippen LogP contribution in [0, 0.1) is 0 Å². The minimum atomic E-state index is 0.0161. The molecular weight excluding hydrogens is 234 g/mol. The fourth-order valence-electron chi connectivity index (χ4n) is 2.98. The lowest BCUT2D eigenvalue weighted by Gasteiger charge is -2.10. The molecule has 1 fully saturated rings. The van der Waals surface area contributed by atoms with Crippen molar-refractivity contribution in [2.75, 3.05) is 0 Å². The number of nitrogens with one attached hydrogen (secondary N) is 1. The molecule has 0 amide bonds. The first-order valence-corrected chi connectivity index (χ1v) is 7.08. The number of hydrogen-bond donors (Lipinski definition) is 1. The van der Waals surface area contributed by atoms with Gasteiger partial charge in [0.1, 0.15) is 0 Å². The zero-order valence-electron chi connectivity index (χ0n) is 11.1. The van der Waals surface area contributed by atoms with Gasteiger partial charge in [0.2, 0.25) is 0 Å². The third kappa shape index (κ3) is 2.78. The van der Waals surface area contributed by atoms with Gasteiger partial charge in [0.05, 0.1) is 0 Å². The van der Waals surface area contributed by atoms with Crippen molar-refractivity contribution in [3.63, 3.8) is 0 Å². The van der Waals surface area contributed by atoms with Crippen molar-refractivity contribution in [3.8, 4) is 0 Å². The van der Waals surface area contributed by atoms with Crippen molar-refractivity contribution in [1.29, 1.82) is 0 Å². The third-order valence-electron chi connectivity index (χ3n) is 4.10. The molecule has 0 unspecified atom stereocenters. The van der Waals surface area contributed by atoms with Crippen LogP contribution in [-0.4, -0.2) is 4.98 Å². The standard InChI is InChI=1S/C17H19NO/c19-17-16(6-3-11-18-17)12-13-7-9-15(10-8-13)14-4-1-2-5-14/h3,6-11,14H,1-2,4-5,12H2,(H,18,19). The Hall–Kier alpha value is -1.83. The topological polar surface area (TPSA) is 32.9 Å². The quantitative estimate of drug-likeness (QED) is 0.890. The fraction of sp³-hybridized carbons (Fsp3) is 0.353. The van der Waals surface area contributed by atoms with Crippen LogP contribution in [-0.2, 0) is 6.42 Å². The molecule has 2 aromatic rings. The molecule has 0 saturated heterocycles. The molecular formula is C17H19NO. The molecule has 19 heavy (non-hydrogen) atoms. The number of rotatable bonds is 3. The fourth-order valence-corrected chi connectivity index (χ4v) is 2.98. The molecule has 0 spiro atoms.